The second-order valence-corrected chi connectivity index (χ2v) is 4.71. The molecule has 0 saturated carbocycles. The van der Waals surface area contributed by atoms with Crippen LogP contribution in [0.1, 0.15) is 34.1 Å². The highest BCUT2D eigenvalue weighted by Crippen LogP contribution is 2.15. The quantitative estimate of drug-likeness (QED) is 0.885. The van der Waals surface area contributed by atoms with E-state index in [0.717, 1.165) is 11.3 Å². The summed E-state index contributed by atoms with van der Waals surface area (Å²) in [5.74, 6) is 1.01. The van der Waals surface area contributed by atoms with Crippen molar-refractivity contribution in [3.8, 4) is 6.07 Å². The maximum Gasteiger partial charge on any atom is 0.266 e. The van der Waals surface area contributed by atoms with Gasteiger partial charge in [0.2, 0.25) is 5.89 Å². The first-order chi connectivity index (χ1) is 10.1. The van der Waals surface area contributed by atoms with Crippen LogP contribution in [0.5, 0.6) is 0 Å². The van der Waals surface area contributed by atoms with Gasteiger partial charge < -0.3 is 14.2 Å². The van der Waals surface area contributed by atoms with Crippen LogP contribution in [-0.2, 0) is 24.2 Å². The number of hydrogen-bond donors (Lipinski definition) is 1. The van der Waals surface area contributed by atoms with E-state index in [9.17, 15) is 4.79 Å². The first-order valence-corrected chi connectivity index (χ1v) is 6.49. The lowest BCUT2D eigenvalue weighted by molar-refractivity contribution is 0.174. The van der Waals surface area contributed by atoms with Gasteiger partial charge in [0.15, 0.2) is 5.82 Å². The number of ether oxygens (including phenoxy) is 1. The first-order valence-electron chi connectivity index (χ1n) is 6.49. The van der Waals surface area contributed by atoms with Crippen molar-refractivity contribution in [3.63, 3.8) is 0 Å². The Morgan fingerprint density at radius 2 is 2.14 bits per heavy atom. The van der Waals surface area contributed by atoms with E-state index < -0.39 is 0 Å². The van der Waals surface area contributed by atoms with Crippen molar-refractivity contribution >= 4 is 0 Å². The molecule has 0 fully saturated rings. The minimum atomic E-state index is -0.351. The third kappa shape index (κ3) is 3.17. The molecule has 0 spiro atoms. The first kappa shape index (κ1) is 14.9. The fourth-order valence-electron chi connectivity index (χ4n) is 2.23. The molecule has 110 valence electrons. The molecule has 2 rings (SSSR count). The topological polar surface area (TPSA) is 105 Å². The molecule has 0 saturated heterocycles. The lowest BCUT2D eigenvalue weighted by Gasteiger charge is -2.09. The van der Waals surface area contributed by atoms with Gasteiger partial charge in [0.25, 0.3) is 5.56 Å². The van der Waals surface area contributed by atoms with Crippen molar-refractivity contribution in [2.75, 3.05) is 7.11 Å². The van der Waals surface area contributed by atoms with Crippen molar-refractivity contribution in [2.45, 2.75) is 33.3 Å². The number of methoxy groups -OCH3 is 1. The number of nitrogens with zero attached hydrogens (tertiary/aromatic N) is 3. The molecule has 0 aliphatic carbocycles. The van der Waals surface area contributed by atoms with Gasteiger partial charge in [-0.2, -0.15) is 10.2 Å². The van der Waals surface area contributed by atoms with Crippen LogP contribution in [-0.4, -0.2) is 22.2 Å². The Hall–Kier alpha value is -2.46. The van der Waals surface area contributed by atoms with Crippen LogP contribution in [0.15, 0.2) is 9.32 Å². The SMILES string of the molecule is COCc1noc(CCc2c(C)[nH]c(=O)c(C#N)c2C)n1. The van der Waals surface area contributed by atoms with Gasteiger partial charge >= 0.3 is 0 Å². The van der Waals surface area contributed by atoms with Gasteiger partial charge in [0.05, 0.1) is 0 Å². The Morgan fingerprint density at radius 3 is 2.81 bits per heavy atom. The number of aryl methyl sites for hydroxylation is 2. The lowest BCUT2D eigenvalue weighted by atomic mass is 9.99. The van der Waals surface area contributed by atoms with Crippen molar-refractivity contribution in [1.82, 2.24) is 15.1 Å². The van der Waals surface area contributed by atoms with Crippen LogP contribution in [0.25, 0.3) is 0 Å². The molecule has 0 atom stereocenters. The van der Waals surface area contributed by atoms with Crippen LogP contribution in [0, 0.1) is 25.2 Å². The van der Waals surface area contributed by atoms with Crippen LogP contribution in [0.4, 0.5) is 0 Å². The molecule has 2 aromatic heterocycles. The van der Waals surface area contributed by atoms with E-state index in [1.165, 1.54) is 0 Å². The second-order valence-electron chi connectivity index (χ2n) is 4.71. The smallest absolute Gasteiger partial charge is 0.266 e. The van der Waals surface area contributed by atoms with E-state index in [-0.39, 0.29) is 11.1 Å². The molecule has 0 aliphatic rings. The highest BCUT2D eigenvalue weighted by atomic mass is 16.5. The third-order valence-electron chi connectivity index (χ3n) is 3.29. The van der Waals surface area contributed by atoms with E-state index in [4.69, 9.17) is 14.5 Å². The minimum absolute atomic E-state index is 0.154. The molecule has 1 N–H and O–H groups in total. The van der Waals surface area contributed by atoms with Gasteiger partial charge in [-0.05, 0) is 31.4 Å². The molecule has 0 aromatic carbocycles. The Balaban J connectivity index is 2.20. The van der Waals surface area contributed by atoms with E-state index in [1.54, 1.807) is 14.0 Å². The summed E-state index contributed by atoms with van der Waals surface area (Å²) in [6, 6.07) is 1.94. The lowest BCUT2D eigenvalue weighted by Crippen LogP contribution is -2.17. The molecule has 21 heavy (non-hydrogen) atoms. The van der Waals surface area contributed by atoms with Crippen LogP contribution in [0.3, 0.4) is 0 Å². The summed E-state index contributed by atoms with van der Waals surface area (Å²) in [5.41, 5.74) is 2.19. The minimum Gasteiger partial charge on any atom is -0.377 e. The Kier molecular flexibility index (Phi) is 4.50. The maximum absolute atomic E-state index is 11.7. The number of H-pyrrole nitrogens is 1. The molecule has 7 heteroatoms. The third-order valence-corrected chi connectivity index (χ3v) is 3.29. The van der Waals surface area contributed by atoms with Gasteiger partial charge in [0, 0.05) is 19.2 Å². The molecular weight excluding hydrogens is 272 g/mol. The van der Waals surface area contributed by atoms with Crippen molar-refractivity contribution in [2.24, 2.45) is 0 Å². The number of pyridine rings is 1. The number of aromatic amines is 1. The molecule has 0 bridgehead atoms. The summed E-state index contributed by atoms with van der Waals surface area (Å²) in [7, 11) is 1.56. The second kappa shape index (κ2) is 6.33. The van der Waals surface area contributed by atoms with E-state index in [2.05, 4.69) is 15.1 Å². The molecular formula is C14H16N4O3. The fraction of sp³-hybridized carbons (Fsp3) is 0.429. The predicted octanol–water partition coefficient (Wildman–Crippen LogP) is 1.18. The number of rotatable bonds is 5. The van der Waals surface area contributed by atoms with Gasteiger partial charge in [-0.3, -0.25) is 4.79 Å². The number of nitriles is 1. The van der Waals surface area contributed by atoms with Gasteiger partial charge in [-0.25, -0.2) is 0 Å². The van der Waals surface area contributed by atoms with E-state index in [0.29, 0.717) is 36.7 Å². The number of aromatic nitrogens is 3. The summed E-state index contributed by atoms with van der Waals surface area (Å²) < 4.78 is 10.0. The summed E-state index contributed by atoms with van der Waals surface area (Å²) in [4.78, 5) is 18.6. The zero-order valence-electron chi connectivity index (χ0n) is 12.2. The zero-order chi connectivity index (χ0) is 15.4. The van der Waals surface area contributed by atoms with Gasteiger partial charge in [-0.1, -0.05) is 5.16 Å². The Labute approximate surface area is 121 Å². The van der Waals surface area contributed by atoms with Gasteiger partial charge in [0.1, 0.15) is 18.2 Å². The Bertz CT molecular complexity index is 740. The summed E-state index contributed by atoms with van der Waals surface area (Å²) >= 11 is 0. The predicted molar refractivity (Wildman–Crippen MR) is 73.7 cm³/mol. The van der Waals surface area contributed by atoms with Crippen LogP contribution < -0.4 is 5.56 Å². The van der Waals surface area contributed by atoms with E-state index in [1.807, 2.05) is 13.0 Å². The average Bonchev–Trinajstić information content (AvgIpc) is 2.87. The highest BCUT2D eigenvalue weighted by molar-refractivity contribution is 5.42. The molecule has 7 nitrogen and oxygen atoms in total. The van der Waals surface area contributed by atoms with E-state index >= 15 is 0 Å². The summed E-state index contributed by atoms with van der Waals surface area (Å²) in [6.45, 7) is 3.90. The van der Waals surface area contributed by atoms with Crippen LogP contribution >= 0.6 is 0 Å². The van der Waals surface area contributed by atoms with Crippen molar-refractivity contribution in [3.05, 3.63) is 44.5 Å². The summed E-state index contributed by atoms with van der Waals surface area (Å²) in [5, 5.41) is 12.8. The van der Waals surface area contributed by atoms with Crippen molar-refractivity contribution < 1.29 is 9.26 Å². The highest BCUT2D eigenvalue weighted by Gasteiger charge is 2.13. The van der Waals surface area contributed by atoms with Crippen molar-refractivity contribution in [1.29, 1.82) is 5.26 Å². The molecule has 0 radical (unpaired) electrons. The number of hydrogen-bond acceptors (Lipinski definition) is 6. The molecule has 0 amide bonds. The Morgan fingerprint density at radius 1 is 1.38 bits per heavy atom. The largest absolute Gasteiger partial charge is 0.377 e. The normalized spacial score (nSPS) is 10.6. The van der Waals surface area contributed by atoms with Gasteiger partial charge in [-0.15, -0.1) is 0 Å². The molecule has 0 aliphatic heterocycles. The van der Waals surface area contributed by atoms with Crippen LogP contribution in [0.2, 0.25) is 0 Å². The molecule has 2 aromatic rings. The molecule has 2 heterocycles. The summed E-state index contributed by atoms with van der Waals surface area (Å²) in [6.07, 6.45) is 1.15. The zero-order valence-corrected chi connectivity index (χ0v) is 12.2. The standard InChI is InChI=1S/C14H16N4O3/c1-8-10(9(2)16-14(19)11(8)6-15)4-5-13-17-12(7-20-3)18-21-13/h4-5,7H2,1-3H3,(H,16,19). The fourth-order valence-corrected chi connectivity index (χ4v) is 2.23. The monoisotopic (exact) mass is 288 g/mol. The maximum atomic E-state index is 11.7. The average molecular weight is 288 g/mol. The molecule has 0 unspecified atom stereocenters. The number of nitrogens with one attached hydrogen (secondary N) is 1.